The predicted molar refractivity (Wildman–Crippen MR) is 142 cm³/mol. The molecule has 5 rings (SSSR count). The summed E-state index contributed by atoms with van der Waals surface area (Å²) in [7, 11) is 0. The zero-order chi connectivity index (χ0) is 29.0. The number of hydrogen-bond donors (Lipinski definition) is 1. The summed E-state index contributed by atoms with van der Waals surface area (Å²) in [6.07, 6.45) is 2.46. The molecule has 3 aromatic rings. The fourth-order valence-electron chi connectivity index (χ4n) is 5.32. The number of aryl methyl sites for hydroxylation is 1. The van der Waals surface area contributed by atoms with Crippen molar-refractivity contribution in [3.63, 3.8) is 0 Å². The molecule has 8 nitrogen and oxygen atoms in total. The smallest absolute Gasteiger partial charge is 0.415 e. The highest BCUT2D eigenvalue weighted by Crippen LogP contribution is 2.38. The zero-order valence-corrected chi connectivity index (χ0v) is 22.8. The number of carbonyl (C=O) groups is 2. The molecule has 1 amide bonds. The number of carbonyl (C=O) groups excluding carboxylic acids is 1. The number of ether oxygens (including phenoxy) is 1. The van der Waals surface area contributed by atoms with Gasteiger partial charge in [0.1, 0.15) is 5.60 Å². The summed E-state index contributed by atoms with van der Waals surface area (Å²) in [6, 6.07) is 6.73. The maximum atomic E-state index is 14.8. The van der Waals surface area contributed by atoms with E-state index in [9.17, 15) is 27.9 Å². The molecule has 0 radical (unpaired) electrons. The standard InChI is InChI=1S/C29H31F3N4O4/c1-17-13-18(26(37)38)5-8-22(17)35-16-29(40-27(35)39)9-11-34(12-10-29)14-19-15-36(28(2,3)4)33-25(19)20-6-7-21(30)24(32)23(20)31/h5-8,13,15H,9-12,14,16H2,1-4H3,(H,37,38). The van der Waals surface area contributed by atoms with E-state index >= 15 is 0 Å². The van der Waals surface area contributed by atoms with Gasteiger partial charge < -0.3 is 9.84 Å². The molecule has 0 saturated carbocycles. The first-order valence-electron chi connectivity index (χ1n) is 13.1. The van der Waals surface area contributed by atoms with Gasteiger partial charge in [-0.2, -0.15) is 5.10 Å². The Bertz CT molecular complexity index is 1490. The van der Waals surface area contributed by atoms with Crippen LogP contribution in [0.4, 0.5) is 23.7 Å². The Hall–Kier alpha value is -3.86. The van der Waals surface area contributed by atoms with Gasteiger partial charge in [0.25, 0.3) is 0 Å². The number of aromatic carboxylic acids is 1. The number of rotatable bonds is 5. The molecule has 3 heterocycles. The molecule has 2 aliphatic rings. The second kappa shape index (κ2) is 9.96. The molecule has 0 aliphatic carbocycles. The first-order valence-corrected chi connectivity index (χ1v) is 13.1. The van der Waals surface area contributed by atoms with E-state index in [0.717, 1.165) is 6.07 Å². The summed E-state index contributed by atoms with van der Waals surface area (Å²) in [6.45, 7) is 9.49. The Labute approximate surface area is 229 Å². The van der Waals surface area contributed by atoms with Gasteiger partial charge in [0, 0.05) is 49.8 Å². The second-order valence-corrected chi connectivity index (χ2v) is 11.6. The minimum Gasteiger partial charge on any atom is -0.478 e. The van der Waals surface area contributed by atoms with Crippen LogP contribution < -0.4 is 4.90 Å². The summed E-state index contributed by atoms with van der Waals surface area (Å²) < 4.78 is 50.0. The Morgan fingerprint density at radius 2 is 1.80 bits per heavy atom. The number of benzene rings is 2. The third-order valence-electron chi connectivity index (χ3n) is 7.63. The minimum absolute atomic E-state index is 0.102. The maximum Gasteiger partial charge on any atom is 0.415 e. The lowest BCUT2D eigenvalue weighted by molar-refractivity contribution is -0.000952. The van der Waals surface area contributed by atoms with E-state index in [1.54, 1.807) is 28.8 Å². The van der Waals surface area contributed by atoms with Crippen molar-refractivity contribution >= 4 is 17.7 Å². The van der Waals surface area contributed by atoms with Crippen LogP contribution >= 0.6 is 0 Å². The van der Waals surface area contributed by atoms with E-state index in [1.165, 1.54) is 18.2 Å². The molecule has 40 heavy (non-hydrogen) atoms. The summed E-state index contributed by atoms with van der Waals surface area (Å²) >= 11 is 0. The van der Waals surface area contributed by atoms with E-state index < -0.39 is 40.7 Å². The van der Waals surface area contributed by atoms with E-state index in [0.29, 0.717) is 55.8 Å². The number of piperidine rings is 1. The third-order valence-corrected chi connectivity index (χ3v) is 7.63. The SMILES string of the molecule is Cc1cc(C(=O)O)ccc1N1CC2(CCN(Cc3cn(C(C)(C)C)nc3-c3ccc(F)c(F)c3F)CC2)OC1=O. The zero-order valence-electron chi connectivity index (χ0n) is 22.8. The van der Waals surface area contributed by atoms with Gasteiger partial charge >= 0.3 is 12.1 Å². The predicted octanol–water partition coefficient (Wildman–Crippen LogP) is 5.72. The van der Waals surface area contributed by atoms with E-state index in [-0.39, 0.29) is 16.8 Å². The van der Waals surface area contributed by atoms with Crippen molar-refractivity contribution in [2.75, 3.05) is 24.5 Å². The number of anilines is 1. The summed E-state index contributed by atoms with van der Waals surface area (Å²) in [5.74, 6) is -5.10. The number of nitrogens with zero attached hydrogens (tertiary/aromatic N) is 4. The number of amides is 1. The van der Waals surface area contributed by atoms with E-state index in [2.05, 4.69) is 10.00 Å². The average Bonchev–Trinajstić information content (AvgIpc) is 3.45. The fraction of sp³-hybridized carbons (Fsp3) is 0.414. The Morgan fingerprint density at radius 1 is 1.10 bits per heavy atom. The van der Waals surface area contributed by atoms with Gasteiger partial charge in [-0.1, -0.05) is 0 Å². The van der Waals surface area contributed by atoms with Gasteiger partial charge in [-0.3, -0.25) is 14.5 Å². The largest absolute Gasteiger partial charge is 0.478 e. The Morgan fingerprint density at radius 3 is 2.42 bits per heavy atom. The van der Waals surface area contributed by atoms with Crippen LogP contribution in [0, 0.1) is 24.4 Å². The first kappa shape index (κ1) is 27.7. The number of halogens is 3. The number of carboxylic acids is 1. The van der Waals surface area contributed by atoms with Crippen molar-refractivity contribution in [1.29, 1.82) is 0 Å². The molecule has 0 unspecified atom stereocenters. The lowest BCUT2D eigenvalue weighted by atomic mass is 9.90. The number of carboxylic acid groups (broad SMARTS) is 1. The van der Waals surface area contributed by atoms with Crippen molar-refractivity contribution in [2.24, 2.45) is 0 Å². The molecule has 2 aliphatic heterocycles. The first-order chi connectivity index (χ1) is 18.8. The average molecular weight is 557 g/mol. The summed E-state index contributed by atoms with van der Waals surface area (Å²) in [5, 5.41) is 13.8. The van der Waals surface area contributed by atoms with Gasteiger partial charge in [-0.25, -0.2) is 22.8 Å². The molecule has 11 heteroatoms. The molecular formula is C29H31F3N4O4. The van der Waals surface area contributed by atoms with Crippen LogP contribution in [0.2, 0.25) is 0 Å². The monoisotopic (exact) mass is 556 g/mol. The van der Waals surface area contributed by atoms with Crippen molar-refractivity contribution in [3.8, 4) is 11.3 Å². The topological polar surface area (TPSA) is 87.9 Å². The molecule has 1 spiro atoms. The van der Waals surface area contributed by atoms with E-state index in [4.69, 9.17) is 4.74 Å². The summed E-state index contributed by atoms with van der Waals surface area (Å²) in [5.41, 5.74) is 1.15. The summed E-state index contributed by atoms with van der Waals surface area (Å²) in [4.78, 5) is 27.8. The van der Waals surface area contributed by atoms with Crippen LogP contribution in [0.1, 0.15) is 55.1 Å². The number of likely N-dealkylation sites (tertiary alicyclic amines) is 1. The van der Waals surface area contributed by atoms with Crippen LogP contribution in [-0.4, -0.2) is 57.1 Å². The number of aromatic nitrogens is 2. The quantitative estimate of drug-likeness (QED) is 0.405. The molecule has 1 N–H and O–H groups in total. The highest BCUT2D eigenvalue weighted by molar-refractivity contribution is 5.93. The van der Waals surface area contributed by atoms with Crippen LogP contribution in [-0.2, 0) is 16.8 Å². The van der Waals surface area contributed by atoms with Gasteiger partial charge in [0.05, 0.1) is 29.0 Å². The highest BCUT2D eigenvalue weighted by Gasteiger charge is 2.47. The molecular weight excluding hydrogens is 525 g/mol. The van der Waals surface area contributed by atoms with Crippen molar-refractivity contribution < 1.29 is 32.6 Å². The van der Waals surface area contributed by atoms with Gasteiger partial charge in [-0.15, -0.1) is 0 Å². The molecule has 2 fully saturated rings. The fourth-order valence-corrected chi connectivity index (χ4v) is 5.32. The van der Waals surface area contributed by atoms with Crippen LogP contribution in [0.15, 0.2) is 36.5 Å². The Kier molecular flexibility index (Phi) is 6.89. The highest BCUT2D eigenvalue weighted by atomic mass is 19.2. The van der Waals surface area contributed by atoms with Crippen molar-refractivity contribution in [3.05, 3.63) is 70.7 Å². The van der Waals surface area contributed by atoms with Gasteiger partial charge in [0.2, 0.25) is 0 Å². The molecule has 0 bridgehead atoms. The lowest BCUT2D eigenvalue weighted by Crippen LogP contribution is -2.46. The van der Waals surface area contributed by atoms with E-state index in [1.807, 2.05) is 20.8 Å². The molecule has 2 saturated heterocycles. The van der Waals surface area contributed by atoms with Gasteiger partial charge in [0.15, 0.2) is 17.5 Å². The molecule has 212 valence electrons. The van der Waals surface area contributed by atoms with Crippen LogP contribution in [0.5, 0.6) is 0 Å². The third kappa shape index (κ3) is 5.05. The van der Waals surface area contributed by atoms with Gasteiger partial charge in [-0.05, 0) is 63.6 Å². The minimum atomic E-state index is -1.53. The number of hydrogen-bond acceptors (Lipinski definition) is 5. The van der Waals surface area contributed by atoms with Crippen LogP contribution in [0.3, 0.4) is 0 Å². The molecule has 1 aromatic heterocycles. The molecule has 2 aromatic carbocycles. The molecule has 0 atom stereocenters. The van der Waals surface area contributed by atoms with Crippen LogP contribution in [0.25, 0.3) is 11.3 Å². The normalized spacial score (nSPS) is 17.5. The lowest BCUT2D eigenvalue weighted by Gasteiger charge is -2.37. The second-order valence-electron chi connectivity index (χ2n) is 11.6. The van der Waals surface area contributed by atoms with Crippen molar-refractivity contribution in [2.45, 2.75) is 58.2 Å². The Balaban J connectivity index is 1.33. The maximum absolute atomic E-state index is 14.8. The van der Waals surface area contributed by atoms with Crippen molar-refractivity contribution in [1.82, 2.24) is 14.7 Å².